The highest BCUT2D eigenvalue weighted by atomic mass is 35.5. The predicted octanol–water partition coefficient (Wildman–Crippen LogP) is 5.42. The van der Waals surface area contributed by atoms with E-state index >= 15 is 0 Å². The van der Waals surface area contributed by atoms with Gasteiger partial charge in [0, 0.05) is 27.1 Å². The summed E-state index contributed by atoms with van der Waals surface area (Å²) < 4.78 is 0. The molecule has 0 aliphatic carbocycles. The molecule has 0 aliphatic heterocycles. The molecular formula is C24H20ClN3O3. The van der Waals surface area contributed by atoms with Crippen LogP contribution in [-0.4, -0.2) is 28.2 Å². The number of hydrogen-bond donors (Lipinski definition) is 2. The van der Waals surface area contributed by atoms with E-state index in [4.69, 9.17) is 11.6 Å². The van der Waals surface area contributed by atoms with Crippen molar-refractivity contribution in [2.24, 2.45) is 0 Å². The van der Waals surface area contributed by atoms with Crippen LogP contribution in [0.4, 0.5) is 5.69 Å². The van der Waals surface area contributed by atoms with Crippen molar-refractivity contribution in [1.82, 2.24) is 4.98 Å². The lowest BCUT2D eigenvalue weighted by Gasteiger charge is -2.16. The normalized spacial score (nSPS) is 11.9. The fraction of sp³-hybridized carbons (Fsp3) is 0.125. The third-order valence-corrected chi connectivity index (χ3v) is 5.43. The number of rotatable bonds is 7. The van der Waals surface area contributed by atoms with Crippen LogP contribution >= 0.6 is 11.6 Å². The summed E-state index contributed by atoms with van der Waals surface area (Å²) in [6, 6.07) is 24.6. The summed E-state index contributed by atoms with van der Waals surface area (Å²) in [6.07, 6.45) is 0. The first-order valence-electron chi connectivity index (χ1n) is 9.80. The third-order valence-electron chi connectivity index (χ3n) is 5.18. The summed E-state index contributed by atoms with van der Waals surface area (Å²) in [7, 11) is 0. The number of aromatic amines is 1. The fourth-order valence-electron chi connectivity index (χ4n) is 3.90. The van der Waals surface area contributed by atoms with E-state index in [9.17, 15) is 14.9 Å². The van der Waals surface area contributed by atoms with Crippen molar-refractivity contribution in [2.75, 3.05) is 17.7 Å². The number of alkyl halides is 1. The predicted molar refractivity (Wildman–Crippen MR) is 123 cm³/mol. The zero-order valence-electron chi connectivity index (χ0n) is 16.5. The second kappa shape index (κ2) is 9.02. The van der Waals surface area contributed by atoms with Crippen LogP contribution in [0.1, 0.15) is 17.0 Å². The number of hydrogen-bond acceptors (Lipinski definition) is 3. The number of benzene rings is 3. The molecule has 1 unspecified atom stereocenters. The van der Waals surface area contributed by atoms with E-state index in [1.165, 1.54) is 0 Å². The Morgan fingerprint density at radius 3 is 2.52 bits per heavy atom. The average Bonchev–Trinajstić information content (AvgIpc) is 3.17. The smallest absolute Gasteiger partial charge is 0.239 e. The first-order valence-corrected chi connectivity index (χ1v) is 10.3. The Labute approximate surface area is 184 Å². The van der Waals surface area contributed by atoms with Crippen LogP contribution in [0, 0.1) is 10.1 Å². The van der Waals surface area contributed by atoms with E-state index in [1.54, 1.807) is 6.07 Å². The van der Waals surface area contributed by atoms with Gasteiger partial charge in [0.1, 0.15) is 5.88 Å². The molecule has 31 heavy (non-hydrogen) atoms. The van der Waals surface area contributed by atoms with Crippen molar-refractivity contribution in [3.8, 4) is 11.3 Å². The van der Waals surface area contributed by atoms with Gasteiger partial charge in [-0.1, -0.05) is 60.7 Å². The van der Waals surface area contributed by atoms with Gasteiger partial charge in [-0.15, -0.1) is 11.6 Å². The lowest BCUT2D eigenvalue weighted by atomic mass is 9.87. The van der Waals surface area contributed by atoms with Crippen molar-refractivity contribution in [1.29, 1.82) is 0 Å². The number of anilines is 1. The highest BCUT2D eigenvalue weighted by Gasteiger charge is 2.27. The topological polar surface area (TPSA) is 88.0 Å². The maximum Gasteiger partial charge on any atom is 0.239 e. The number of nitrogens with zero attached hydrogens (tertiary/aromatic N) is 1. The van der Waals surface area contributed by atoms with Crippen molar-refractivity contribution in [2.45, 2.75) is 5.92 Å². The second-order valence-corrected chi connectivity index (χ2v) is 7.47. The van der Waals surface area contributed by atoms with Crippen molar-refractivity contribution in [3.05, 3.63) is 100 Å². The molecule has 2 N–H and O–H groups in total. The van der Waals surface area contributed by atoms with Crippen molar-refractivity contribution in [3.63, 3.8) is 0 Å². The zero-order valence-corrected chi connectivity index (χ0v) is 17.3. The number of nitro groups is 1. The Morgan fingerprint density at radius 1 is 1.03 bits per heavy atom. The number of H-pyrrole nitrogens is 1. The molecule has 156 valence electrons. The summed E-state index contributed by atoms with van der Waals surface area (Å²) in [6.45, 7) is -0.235. The monoisotopic (exact) mass is 433 g/mol. The number of halogens is 1. The lowest BCUT2D eigenvalue weighted by Crippen LogP contribution is -2.14. The standard InChI is InChI=1S/C24H20ClN3O3/c25-14-22(29)26-18-10-6-9-17(13-18)24-23(19-11-4-5-12-21(19)27-24)20(15-28(30)31)16-7-2-1-3-8-16/h1-13,20,27H,14-15H2,(H,26,29). The zero-order chi connectivity index (χ0) is 21.8. The molecular weight excluding hydrogens is 414 g/mol. The van der Waals surface area contributed by atoms with Crippen LogP contribution in [0.2, 0.25) is 0 Å². The van der Waals surface area contributed by atoms with Gasteiger partial charge in [0.25, 0.3) is 0 Å². The molecule has 1 aromatic heterocycles. The number of fused-ring (bicyclic) bond motifs is 1. The van der Waals surface area contributed by atoms with Crippen LogP contribution in [-0.2, 0) is 4.79 Å². The van der Waals surface area contributed by atoms with E-state index in [-0.39, 0.29) is 23.3 Å². The summed E-state index contributed by atoms with van der Waals surface area (Å²) >= 11 is 5.61. The minimum absolute atomic E-state index is 0.138. The van der Waals surface area contributed by atoms with E-state index in [0.717, 1.165) is 33.3 Å². The van der Waals surface area contributed by atoms with Gasteiger partial charge < -0.3 is 10.3 Å². The maximum absolute atomic E-state index is 11.7. The number of para-hydroxylation sites is 1. The van der Waals surface area contributed by atoms with E-state index in [0.29, 0.717) is 5.69 Å². The van der Waals surface area contributed by atoms with Crippen LogP contribution < -0.4 is 5.32 Å². The van der Waals surface area contributed by atoms with Gasteiger partial charge in [0.15, 0.2) is 0 Å². The van der Waals surface area contributed by atoms with Gasteiger partial charge in [-0.3, -0.25) is 14.9 Å². The molecule has 0 saturated carbocycles. The van der Waals surface area contributed by atoms with E-state index < -0.39 is 5.92 Å². The first kappa shape index (κ1) is 20.6. The number of carbonyl (C=O) groups is 1. The number of carbonyl (C=O) groups excluding carboxylic acids is 1. The molecule has 3 aromatic carbocycles. The Balaban J connectivity index is 1.91. The Bertz CT molecular complexity index is 1240. The summed E-state index contributed by atoms with van der Waals surface area (Å²) in [5.74, 6) is -0.879. The van der Waals surface area contributed by atoms with Crippen LogP contribution in [0.5, 0.6) is 0 Å². The molecule has 1 heterocycles. The average molecular weight is 434 g/mol. The van der Waals surface area contributed by atoms with Crippen LogP contribution in [0.15, 0.2) is 78.9 Å². The minimum atomic E-state index is -0.441. The van der Waals surface area contributed by atoms with Crippen LogP contribution in [0.3, 0.4) is 0 Å². The highest BCUT2D eigenvalue weighted by molar-refractivity contribution is 6.29. The fourth-order valence-corrected chi connectivity index (χ4v) is 3.96. The van der Waals surface area contributed by atoms with E-state index in [2.05, 4.69) is 10.3 Å². The number of aromatic nitrogens is 1. The molecule has 0 radical (unpaired) electrons. The van der Waals surface area contributed by atoms with Gasteiger partial charge in [-0.05, 0) is 29.3 Å². The molecule has 0 aliphatic rings. The van der Waals surface area contributed by atoms with Crippen molar-refractivity contribution < 1.29 is 9.72 Å². The molecule has 1 amide bonds. The minimum Gasteiger partial charge on any atom is -0.354 e. The van der Waals surface area contributed by atoms with Crippen LogP contribution in [0.25, 0.3) is 22.2 Å². The van der Waals surface area contributed by atoms with Gasteiger partial charge in [-0.25, -0.2) is 0 Å². The molecule has 4 aromatic rings. The Hall–Kier alpha value is -3.64. The maximum atomic E-state index is 11.7. The van der Waals surface area contributed by atoms with Gasteiger partial charge in [-0.2, -0.15) is 0 Å². The third kappa shape index (κ3) is 4.44. The Kier molecular flexibility index (Phi) is 6.00. The molecule has 0 bridgehead atoms. The highest BCUT2D eigenvalue weighted by Crippen LogP contribution is 2.39. The Morgan fingerprint density at radius 2 is 1.77 bits per heavy atom. The molecule has 0 saturated heterocycles. The van der Waals surface area contributed by atoms with Gasteiger partial charge in [0.05, 0.1) is 11.6 Å². The largest absolute Gasteiger partial charge is 0.354 e. The number of amides is 1. The summed E-state index contributed by atoms with van der Waals surface area (Å²) in [4.78, 5) is 26.5. The molecule has 0 spiro atoms. The van der Waals surface area contributed by atoms with Crippen molar-refractivity contribution >= 4 is 34.1 Å². The lowest BCUT2D eigenvalue weighted by molar-refractivity contribution is -0.481. The molecule has 4 rings (SSSR count). The summed E-state index contributed by atoms with van der Waals surface area (Å²) in [5.41, 5.74) is 4.85. The molecule has 0 fully saturated rings. The SMILES string of the molecule is O=C(CCl)Nc1cccc(-c2[nH]c3ccccc3c2C(C[N+](=O)[O-])c2ccccc2)c1. The molecule has 6 nitrogen and oxygen atoms in total. The quantitative estimate of drug-likeness (QED) is 0.231. The number of nitrogens with one attached hydrogen (secondary N) is 2. The van der Waals surface area contributed by atoms with Gasteiger partial charge in [0.2, 0.25) is 12.5 Å². The van der Waals surface area contributed by atoms with E-state index in [1.807, 2.05) is 72.8 Å². The first-order chi connectivity index (χ1) is 15.1. The summed E-state index contributed by atoms with van der Waals surface area (Å²) in [5, 5.41) is 15.3. The van der Waals surface area contributed by atoms with Gasteiger partial charge >= 0.3 is 0 Å². The second-order valence-electron chi connectivity index (χ2n) is 7.20. The molecule has 1 atom stereocenters. The molecule has 7 heteroatoms.